The van der Waals surface area contributed by atoms with E-state index < -0.39 is 0 Å². The molecule has 0 spiro atoms. The number of amides is 2. The average molecular weight is 330 g/mol. The fraction of sp³-hybridized carbons (Fsp3) is 0.231. The molecular weight excluding hydrogens is 317 g/mol. The Labute approximate surface area is 131 Å². The zero-order valence-corrected chi connectivity index (χ0v) is 13.3. The van der Waals surface area contributed by atoms with E-state index in [0.29, 0.717) is 22.3 Å². The normalized spacial score (nSPS) is 10.4. The SMILES string of the molecule is Cc1nc(C)c(CNC(=O)Nc2ccc(Cl)c(Cl)c2)s1. The van der Waals surface area contributed by atoms with E-state index in [-0.39, 0.29) is 6.03 Å². The number of carbonyl (C=O) groups is 1. The van der Waals surface area contributed by atoms with Crippen molar-refractivity contribution in [3.8, 4) is 0 Å². The highest BCUT2D eigenvalue weighted by atomic mass is 35.5. The van der Waals surface area contributed by atoms with Gasteiger partial charge in [0.2, 0.25) is 0 Å². The minimum atomic E-state index is -0.297. The molecule has 2 amide bonds. The lowest BCUT2D eigenvalue weighted by atomic mass is 10.3. The molecule has 20 heavy (non-hydrogen) atoms. The molecule has 4 nitrogen and oxygen atoms in total. The van der Waals surface area contributed by atoms with Gasteiger partial charge in [-0.2, -0.15) is 0 Å². The average Bonchev–Trinajstić information content (AvgIpc) is 2.70. The number of urea groups is 1. The van der Waals surface area contributed by atoms with Gasteiger partial charge in [-0.25, -0.2) is 9.78 Å². The van der Waals surface area contributed by atoms with Crippen molar-refractivity contribution in [3.63, 3.8) is 0 Å². The number of rotatable bonds is 3. The summed E-state index contributed by atoms with van der Waals surface area (Å²) in [6.45, 7) is 4.32. The molecule has 0 aliphatic carbocycles. The number of hydrogen-bond donors (Lipinski definition) is 2. The third-order valence-corrected chi connectivity index (χ3v) is 4.40. The van der Waals surface area contributed by atoms with E-state index in [9.17, 15) is 4.79 Å². The predicted octanol–water partition coefficient (Wildman–Crippen LogP) is 4.39. The highest BCUT2D eigenvalue weighted by Gasteiger charge is 2.08. The molecule has 2 aromatic rings. The van der Waals surface area contributed by atoms with Crippen molar-refractivity contribution in [2.45, 2.75) is 20.4 Å². The van der Waals surface area contributed by atoms with Gasteiger partial charge >= 0.3 is 6.03 Å². The molecule has 2 rings (SSSR count). The van der Waals surface area contributed by atoms with Crippen LogP contribution in [0.1, 0.15) is 15.6 Å². The lowest BCUT2D eigenvalue weighted by Gasteiger charge is -2.07. The Morgan fingerprint density at radius 2 is 2.05 bits per heavy atom. The van der Waals surface area contributed by atoms with Crippen molar-refractivity contribution in [2.24, 2.45) is 0 Å². The van der Waals surface area contributed by atoms with E-state index in [1.54, 1.807) is 29.5 Å². The van der Waals surface area contributed by atoms with Crippen molar-refractivity contribution in [3.05, 3.63) is 43.8 Å². The van der Waals surface area contributed by atoms with E-state index in [4.69, 9.17) is 23.2 Å². The number of carbonyl (C=O) groups excluding carboxylic acids is 1. The van der Waals surface area contributed by atoms with Crippen LogP contribution in [0.5, 0.6) is 0 Å². The molecule has 0 aliphatic heterocycles. The lowest BCUT2D eigenvalue weighted by molar-refractivity contribution is 0.252. The molecule has 0 bridgehead atoms. The first-order valence-electron chi connectivity index (χ1n) is 5.88. The van der Waals surface area contributed by atoms with Crippen LogP contribution in [-0.4, -0.2) is 11.0 Å². The molecule has 0 unspecified atom stereocenters. The van der Waals surface area contributed by atoms with E-state index in [1.807, 2.05) is 13.8 Å². The zero-order chi connectivity index (χ0) is 14.7. The molecule has 1 aromatic carbocycles. The molecule has 0 aliphatic rings. The maximum Gasteiger partial charge on any atom is 0.319 e. The Bertz CT molecular complexity index is 643. The van der Waals surface area contributed by atoms with Crippen molar-refractivity contribution >= 4 is 46.3 Å². The fourth-order valence-corrected chi connectivity index (χ4v) is 2.82. The van der Waals surface area contributed by atoms with Gasteiger partial charge in [-0.1, -0.05) is 23.2 Å². The monoisotopic (exact) mass is 329 g/mol. The van der Waals surface area contributed by atoms with Gasteiger partial charge in [0.25, 0.3) is 0 Å². The summed E-state index contributed by atoms with van der Waals surface area (Å²) in [4.78, 5) is 17.1. The summed E-state index contributed by atoms with van der Waals surface area (Å²) in [5, 5.41) is 7.32. The molecule has 1 aromatic heterocycles. The summed E-state index contributed by atoms with van der Waals surface area (Å²) in [5.41, 5.74) is 1.54. The highest BCUT2D eigenvalue weighted by molar-refractivity contribution is 7.11. The second-order valence-electron chi connectivity index (χ2n) is 4.18. The Morgan fingerprint density at radius 1 is 1.30 bits per heavy atom. The van der Waals surface area contributed by atoms with Gasteiger partial charge in [-0.15, -0.1) is 11.3 Å². The number of benzene rings is 1. The molecule has 0 saturated carbocycles. The number of halogens is 2. The highest BCUT2D eigenvalue weighted by Crippen LogP contribution is 2.25. The van der Waals surface area contributed by atoms with Gasteiger partial charge in [0.05, 0.1) is 27.3 Å². The van der Waals surface area contributed by atoms with Crippen molar-refractivity contribution < 1.29 is 4.79 Å². The number of thiazole rings is 1. The Hall–Kier alpha value is -1.30. The summed E-state index contributed by atoms with van der Waals surface area (Å²) in [6.07, 6.45) is 0. The lowest BCUT2D eigenvalue weighted by Crippen LogP contribution is -2.28. The summed E-state index contributed by atoms with van der Waals surface area (Å²) in [6, 6.07) is 4.63. The zero-order valence-electron chi connectivity index (χ0n) is 11.0. The molecule has 2 N–H and O–H groups in total. The molecule has 0 fully saturated rings. The van der Waals surface area contributed by atoms with Gasteiger partial charge in [0.1, 0.15) is 0 Å². The third kappa shape index (κ3) is 3.85. The molecule has 0 radical (unpaired) electrons. The predicted molar refractivity (Wildman–Crippen MR) is 83.9 cm³/mol. The van der Waals surface area contributed by atoms with Crippen molar-refractivity contribution in [2.75, 3.05) is 5.32 Å². The quantitative estimate of drug-likeness (QED) is 0.877. The van der Waals surface area contributed by atoms with Crippen LogP contribution in [-0.2, 0) is 6.54 Å². The summed E-state index contributed by atoms with van der Waals surface area (Å²) in [5.74, 6) is 0. The van der Waals surface area contributed by atoms with Crippen molar-refractivity contribution in [1.82, 2.24) is 10.3 Å². The van der Waals surface area contributed by atoms with E-state index >= 15 is 0 Å². The molecular formula is C13H13Cl2N3OS. The maximum absolute atomic E-state index is 11.8. The summed E-state index contributed by atoms with van der Waals surface area (Å²) >= 11 is 13.3. The van der Waals surface area contributed by atoms with Gasteiger partial charge in [-0.3, -0.25) is 0 Å². The van der Waals surface area contributed by atoms with Gasteiger partial charge in [-0.05, 0) is 32.0 Å². The number of aromatic nitrogens is 1. The summed E-state index contributed by atoms with van der Waals surface area (Å²) in [7, 11) is 0. The minimum absolute atomic E-state index is 0.297. The van der Waals surface area contributed by atoms with Crippen LogP contribution in [0, 0.1) is 13.8 Å². The molecule has 0 atom stereocenters. The Balaban J connectivity index is 1.92. The molecule has 1 heterocycles. The van der Waals surface area contributed by atoms with Crippen LogP contribution >= 0.6 is 34.5 Å². The number of nitrogens with one attached hydrogen (secondary N) is 2. The van der Waals surface area contributed by atoms with Crippen LogP contribution in [0.15, 0.2) is 18.2 Å². The molecule has 106 valence electrons. The first-order valence-corrected chi connectivity index (χ1v) is 7.46. The topological polar surface area (TPSA) is 54.0 Å². The van der Waals surface area contributed by atoms with Gasteiger partial charge in [0, 0.05) is 10.6 Å². The van der Waals surface area contributed by atoms with Crippen LogP contribution in [0.2, 0.25) is 10.0 Å². The standard InChI is InChI=1S/C13H13Cl2N3OS/c1-7-12(20-8(2)17-7)6-16-13(19)18-9-3-4-10(14)11(15)5-9/h3-5H,6H2,1-2H3,(H2,16,18,19). The first-order chi connectivity index (χ1) is 9.45. The maximum atomic E-state index is 11.8. The van der Waals surface area contributed by atoms with E-state index in [1.165, 1.54) is 0 Å². The van der Waals surface area contributed by atoms with Gasteiger partial charge in [0.15, 0.2) is 0 Å². The molecule has 7 heteroatoms. The second-order valence-corrected chi connectivity index (χ2v) is 6.28. The number of hydrogen-bond acceptors (Lipinski definition) is 3. The minimum Gasteiger partial charge on any atom is -0.333 e. The van der Waals surface area contributed by atoms with Crippen LogP contribution in [0.3, 0.4) is 0 Å². The number of anilines is 1. The number of aryl methyl sites for hydroxylation is 2. The van der Waals surface area contributed by atoms with Crippen molar-refractivity contribution in [1.29, 1.82) is 0 Å². The first kappa shape index (κ1) is 15.1. The van der Waals surface area contributed by atoms with Crippen LogP contribution in [0.25, 0.3) is 0 Å². The smallest absolute Gasteiger partial charge is 0.319 e. The fourth-order valence-electron chi connectivity index (χ4n) is 1.65. The summed E-state index contributed by atoms with van der Waals surface area (Å²) < 4.78 is 0. The largest absolute Gasteiger partial charge is 0.333 e. The van der Waals surface area contributed by atoms with E-state index in [0.717, 1.165) is 15.6 Å². The Kier molecular flexibility index (Phi) is 4.86. The second kappa shape index (κ2) is 6.43. The Morgan fingerprint density at radius 3 is 2.65 bits per heavy atom. The van der Waals surface area contributed by atoms with Crippen LogP contribution in [0.4, 0.5) is 10.5 Å². The third-order valence-electron chi connectivity index (χ3n) is 2.59. The van der Waals surface area contributed by atoms with Gasteiger partial charge < -0.3 is 10.6 Å². The molecule has 0 saturated heterocycles. The van der Waals surface area contributed by atoms with Crippen LogP contribution < -0.4 is 10.6 Å². The number of nitrogens with zero attached hydrogens (tertiary/aromatic N) is 1. The van der Waals surface area contributed by atoms with E-state index in [2.05, 4.69) is 15.6 Å².